The molecule has 2 aliphatic rings. The third-order valence-corrected chi connectivity index (χ3v) is 4.30. The largest absolute Gasteiger partial charge is 0.367 e. The first-order valence-electron chi connectivity index (χ1n) is 7.64. The minimum Gasteiger partial charge on any atom is -0.367 e. The number of piperidine rings is 1. The van der Waals surface area contributed by atoms with Gasteiger partial charge in [0.15, 0.2) is 0 Å². The molecule has 2 fully saturated rings. The summed E-state index contributed by atoms with van der Waals surface area (Å²) >= 11 is 0. The Kier molecular flexibility index (Phi) is 3.92. The highest BCUT2D eigenvalue weighted by Crippen LogP contribution is 2.32. The van der Waals surface area contributed by atoms with Crippen LogP contribution in [0.4, 0.5) is 5.69 Å². The van der Waals surface area contributed by atoms with Crippen LogP contribution in [0.25, 0.3) is 0 Å². The van der Waals surface area contributed by atoms with E-state index in [0.717, 1.165) is 13.1 Å². The van der Waals surface area contributed by atoms with Gasteiger partial charge in [-0.25, -0.2) is 0 Å². The third-order valence-electron chi connectivity index (χ3n) is 4.30. The SMILES string of the molecule is NC(=O)c1ccc(N(CC2CCCCN2)C2CC2)cc1. The fourth-order valence-electron chi connectivity index (χ4n) is 2.99. The minimum absolute atomic E-state index is 0.358. The lowest BCUT2D eigenvalue weighted by atomic mass is 10.0. The molecule has 0 spiro atoms. The van der Waals surface area contributed by atoms with E-state index in [9.17, 15) is 4.79 Å². The van der Waals surface area contributed by atoms with Crippen LogP contribution in [0.15, 0.2) is 24.3 Å². The maximum Gasteiger partial charge on any atom is 0.248 e. The molecule has 0 radical (unpaired) electrons. The number of rotatable bonds is 5. The number of carbonyl (C=O) groups is 1. The highest BCUT2D eigenvalue weighted by molar-refractivity contribution is 5.93. The van der Waals surface area contributed by atoms with Crippen molar-refractivity contribution in [2.45, 2.75) is 44.2 Å². The standard InChI is InChI=1S/C16H23N3O/c17-16(20)12-4-6-14(7-5-12)19(15-8-9-15)11-13-3-1-2-10-18-13/h4-7,13,15,18H,1-3,8-11H2,(H2,17,20). The van der Waals surface area contributed by atoms with Gasteiger partial charge in [-0.3, -0.25) is 4.79 Å². The van der Waals surface area contributed by atoms with Gasteiger partial charge in [0.1, 0.15) is 0 Å². The van der Waals surface area contributed by atoms with Gasteiger partial charge in [0, 0.05) is 29.9 Å². The van der Waals surface area contributed by atoms with Crippen LogP contribution in [0.3, 0.4) is 0 Å². The van der Waals surface area contributed by atoms with Gasteiger partial charge in [0.2, 0.25) is 5.91 Å². The van der Waals surface area contributed by atoms with Gasteiger partial charge in [-0.1, -0.05) is 6.42 Å². The Bertz CT molecular complexity index is 461. The van der Waals surface area contributed by atoms with Gasteiger partial charge >= 0.3 is 0 Å². The second-order valence-electron chi connectivity index (χ2n) is 5.94. The van der Waals surface area contributed by atoms with Gasteiger partial charge in [-0.15, -0.1) is 0 Å². The molecule has 1 heterocycles. The van der Waals surface area contributed by atoms with Crippen LogP contribution in [0.2, 0.25) is 0 Å². The molecule has 1 unspecified atom stereocenters. The summed E-state index contributed by atoms with van der Waals surface area (Å²) < 4.78 is 0. The van der Waals surface area contributed by atoms with E-state index in [-0.39, 0.29) is 5.91 Å². The zero-order valence-electron chi connectivity index (χ0n) is 11.8. The number of carbonyl (C=O) groups excluding carboxylic acids is 1. The van der Waals surface area contributed by atoms with Gasteiger partial charge in [0.05, 0.1) is 0 Å². The summed E-state index contributed by atoms with van der Waals surface area (Å²) in [6.07, 6.45) is 6.46. The molecule has 1 aliphatic heterocycles. The van der Waals surface area contributed by atoms with Gasteiger partial charge < -0.3 is 16.0 Å². The van der Waals surface area contributed by atoms with E-state index >= 15 is 0 Å². The van der Waals surface area contributed by atoms with Crippen molar-refractivity contribution < 1.29 is 4.79 Å². The Morgan fingerprint density at radius 1 is 1.20 bits per heavy atom. The molecular weight excluding hydrogens is 250 g/mol. The number of nitrogens with one attached hydrogen (secondary N) is 1. The lowest BCUT2D eigenvalue weighted by molar-refractivity contribution is 0.100. The predicted molar refractivity (Wildman–Crippen MR) is 81.0 cm³/mol. The number of hydrogen-bond acceptors (Lipinski definition) is 3. The second-order valence-corrected chi connectivity index (χ2v) is 5.94. The normalized spacial score (nSPS) is 22.5. The van der Waals surface area contributed by atoms with Crippen molar-refractivity contribution in [3.05, 3.63) is 29.8 Å². The Morgan fingerprint density at radius 2 is 1.95 bits per heavy atom. The van der Waals surface area contributed by atoms with E-state index in [0.29, 0.717) is 17.6 Å². The first-order chi connectivity index (χ1) is 9.74. The van der Waals surface area contributed by atoms with Crippen molar-refractivity contribution in [3.63, 3.8) is 0 Å². The number of nitrogens with two attached hydrogens (primary N) is 1. The lowest BCUT2D eigenvalue weighted by Crippen LogP contribution is -2.44. The monoisotopic (exact) mass is 273 g/mol. The van der Waals surface area contributed by atoms with Gasteiger partial charge in [-0.05, 0) is 56.5 Å². The molecule has 1 saturated heterocycles. The number of primary amides is 1. The molecule has 3 N–H and O–H groups in total. The number of hydrogen-bond donors (Lipinski definition) is 2. The van der Waals surface area contributed by atoms with Crippen LogP contribution in [-0.4, -0.2) is 31.1 Å². The third kappa shape index (κ3) is 3.12. The molecule has 1 aliphatic carbocycles. The summed E-state index contributed by atoms with van der Waals surface area (Å²) in [7, 11) is 0. The Labute approximate surface area is 120 Å². The predicted octanol–water partition coefficient (Wildman–Crippen LogP) is 1.90. The maximum atomic E-state index is 11.1. The summed E-state index contributed by atoms with van der Waals surface area (Å²) in [5.74, 6) is -0.358. The lowest BCUT2D eigenvalue weighted by Gasteiger charge is -2.32. The van der Waals surface area contributed by atoms with Crippen molar-refractivity contribution in [1.29, 1.82) is 0 Å². The Balaban J connectivity index is 1.71. The molecule has 3 rings (SSSR count). The highest BCUT2D eigenvalue weighted by atomic mass is 16.1. The number of nitrogens with zero attached hydrogens (tertiary/aromatic N) is 1. The van der Waals surface area contributed by atoms with Gasteiger partial charge in [0.25, 0.3) is 0 Å². The topological polar surface area (TPSA) is 58.4 Å². The minimum atomic E-state index is -0.358. The quantitative estimate of drug-likeness (QED) is 0.861. The molecule has 1 atom stereocenters. The first kappa shape index (κ1) is 13.4. The molecule has 0 aromatic heterocycles. The summed E-state index contributed by atoms with van der Waals surface area (Å²) in [6.45, 7) is 2.21. The van der Waals surface area contributed by atoms with Crippen LogP contribution in [0.5, 0.6) is 0 Å². The first-order valence-corrected chi connectivity index (χ1v) is 7.64. The molecule has 20 heavy (non-hydrogen) atoms. The maximum absolute atomic E-state index is 11.1. The molecular formula is C16H23N3O. The number of benzene rings is 1. The highest BCUT2D eigenvalue weighted by Gasteiger charge is 2.31. The average Bonchev–Trinajstić information content (AvgIpc) is 3.30. The van der Waals surface area contributed by atoms with Crippen molar-refractivity contribution >= 4 is 11.6 Å². The zero-order valence-corrected chi connectivity index (χ0v) is 11.8. The molecule has 1 aromatic rings. The van der Waals surface area contributed by atoms with E-state index in [1.54, 1.807) is 0 Å². The number of anilines is 1. The Morgan fingerprint density at radius 3 is 2.50 bits per heavy atom. The smallest absolute Gasteiger partial charge is 0.248 e. The second kappa shape index (κ2) is 5.83. The van der Waals surface area contributed by atoms with E-state index in [4.69, 9.17) is 5.73 Å². The van der Waals surface area contributed by atoms with Gasteiger partial charge in [-0.2, -0.15) is 0 Å². The van der Waals surface area contributed by atoms with E-state index < -0.39 is 0 Å². The van der Waals surface area contributed by atoms with Crippen molar-refractivity contribution in [3.8, 4) is 0 Å². The van der Waals surface area contributed by atoms with E-state index in [2.05, 4.69) is 10.2 Å². The van der Waals surface area contributed by atoms with E-state index in [1.807, 2.05) is 24.3 Å². The molecule has 0 bridgehead atoms. The van der Waals surface area contributed by atoms with Crippen LogP contribution >= 0.6 is 0 Å². The van der Waals surface area contributed by atoms with Crippen LogP contribution < -0.4 is 16.0 Å². The molecule has 1 amide bonds. The molecule has 4 nitrogen and oxygen atoms in total. The molecule has 1 aromatic carbocycles. The van der Waals surface area contributed by atoms with Crippen molar-refractivity contribution in [2.24, 2.45) is 5.73 Å². The van der Waals surface area contributed by atoms with Crippen LogP contribution in [-0.2, 0) is 0 Å². The Hall–Kier alpha value is -1.55. The fourth-order valence-corrected chi connectivity index (χ4v) is 2.99. The summed E-state index contributed by atoms with van der Waals surface area (Å²) in [5.41, 5.74) is 7.10. The summed E-state index contributed by atoms with van der Waals surface area (Å²) in [5, 5.41) is 3.62. The van der Waals surface area contributed by atoms with E-state index in [1.165, 1.54) is 37.8 Å². The fraction of sp³-hybridized carbons (Fsp3) is 0.562. The molecule has 4 heteroatoms. The molecule has 108 valence electrons. The number of amides is 1. The average molecular weight is 273 g/mol. The zero-order chi connectivity index (χ0) is 13.9. The van der Waals surface area contributed by atoms with Crippen molar-refractivity contribution in [1.82, 2.24) is 5.32 Å². The summed E-state index contributed by atoms with van der Waals surface area (Å²) in [6, 6.07) is 9.00. The van der Waals surface area contributed by atoms with Crippen molar-refractivity contribution in [2.75, 3.05) is 18.0 Å². The van der Waals surface area contributed by atoms with Crippen LogP contribution in [0.1, 0.15) is 42.5 Å². The summed E-state index contributed by atoms with van der Waals surface area (Å²) in [4.78, 5) is 13.6. The molecule has 1 saturated carbocycles. The van der Waals surface area contributed by atoms with Crippen LogP contribution in [0, 0.1) is 0 Å².